The molecule has 1 N–H and O–H groups in total. The predicted molar refractivity (Wildman–Crippen MR) is 72.5 cm³/mol. The molecule has 0 fully saturated rings. The van der Waals surface area contributed by atoms with Gasteiger partial charge in [0.2, 0.25) is 0 Å². The molecule has 2 nitrogen and oxygen atoms in total. The number of nitrogens with one attached hydrogen (secondary N) is 1. The van der Waals surface area contributed by atoms with Gasteiger partial charge in [0.05, 0.1) is 6.61 Å². The van der Waals surface area contributed by atoms with Gasteiger partial charge in [-0.15, -0.1) is 0 Å². The average Bonchev–Trinajstić information content (AvgIpc) is 2.37. The number of benzene rings is 1. The van der Waals surface area contributed by atoms with Gasteiger partial charge in [-0.05, 0) is 42.9 Å². The number of halogens is 3. The van der Waals surface area contributed by atoms with Crippen LogP contribution in [0.4, 0.5) is 13.2 Å². The molecule has 0 bridgehead atoms. The summed E-state index contributed by atoms with van der Waals surface area (Å²) in [5.41, 5.74) is -3.05. The lowest BCUT2D eigenvalue weighted by Gasteiger charge is -2.15. The van der Waals surface area contributed by atoms with Crippen molar-refractivity contribution in [1.29, 1.82) is 0 Å². The molecule has 1 rings (SSSR count). The van der Waals surface area contributed by atoms with Crippen LogP contribution in [0.3, 0.4) is 0 Å². The second-order valence-corrected chi connectivity index (χ2v) is 5.12. The van der Waals surface area contributed by atoms with E-state index in [0.717, 1.165) is 12.0 Å². The van der Waals surface area contributed by atoms with Crippen LogP contribution < -0.4 is 10.1 Å². The summed E-state index contributed by atoms with van der Waals surface area (Å²) >= 11 is -0.0669. The van der Waals surface area contributed by atoms with Crippen LogP contribution in [-0.2, 0) is 0 Å². The van der Waals surface area contributed by atoms with Gasteiger partial charge in [-0.3, -0.25) is 0 Å². The Morgan fingerprint density at radius 1 is 1.26 bits per heavy atom. The van der Waals surface area contributed by atoms with Crippen LogP contribution in [0.15, 0.2) is 24.3 Å². The lowest BCUT2D eigenvalue weighted by molar-refractivity contribution is -0.0329. The summed E-state index contributed by atoms with van der Waals surface area (Å²) in [4.78, 5) is 0. The standard InChI is InChI=1S/C13H18F3NOS/c1-3-12(17-2)10-4-6-11(7-5-10)18-8-9-19-13(14,15)16/h4-7,12,17H,3,8-9H2,1-2H3. The monoisotopic (exact) mass is 293 g/mol. The van der Waals surface area contributed by atoms with E-state index in [1.54, 1.807) is 12.1 Å². The second kappa shape index (κ2) is 7.65. The highest BCUT2D eigenvalue weighted by Crippen LogP contribution is 2.29. The van der Waals surface area contributed by atoms with Crippen LogP contribution in [0.1, 0.15) is 24.9 Å². The molecule has 0 saturated carbocycles. The Bertz CT molecular complexity index is 363. The minimum atomic E-state index is -4.19. The maximum absolute atomic E-state index is 11.9. The van der Waals surface area contributed by atoms with Crippen molar-refractivity contribution in [2.24, 2.45) is 0 Å². The molecular formula is C13H18F3NOS. The maximum Gasteiger partial charge on any atom is 0.441 e. The highest BCUT2D eigenvalue weighted by molar-refractivity contribution is 8.00. The lowest BCUT2D eigenvalue weighted by Crippen LogP contribution is -2.15. The van der Waals surface area contributed by atoms with Crippen molar-refractivity contribution >= 4 is 11.8 Å². The molecule has 19 heavy (non-hydrogen) atoms. The molecule has 6 heteroatoms. The Kier molecular flexibility index (Phi) is 6.51. The smallest absolute Gasteiger partial charge is 0.441 e. The van der Waals surface area contributed by atoms with Gasteiger partial charge < -0.3 is 10.1 Å². The first-order chi connectivity index (χ1) is 8.96. The first-order valence-corrected chi connectivity index (χ1v) is 7.05. The summed E-state index contributed by atoms with van der Waals surface area (Å²) in [7, 11) is 1.90. The highest BCUT2D eigenvalue weighted by atomic mass is 32.2. The number of alkyl halides is 3. The summed E-state index contributed by atoms with van der Waals surface area (Å²) in [5, 5.41) is 3.19. The van der Waals surface area contributed by atoms with E-state index in [2.05, 4.69) is 12.2 Å². The third kappa shape index (κ3) is 6.20. The van der Waals surface area contributed by atoms with Gasteiger partial charge in [0.15, 0.2) is 0 Å². The highest BCUT2D eigenvalue weighted by Gasteiger charge is 2.27. The van der Waals surface area contributed by atoms with E-state index >= 15 is 0 Å². The summed E-state index contributed by atoms with van der Waals surface area (Å²) < 4.78 is 41.0. The molecule has 0 aromatic heterocycles. The molecule has 0 amide bonds. The lowest BCUT2D eigenvalue weighted by atomic mass is 10.1. The van der Waals surface area contributed by atoms with Crippen molar-refractivity contribution in [1.82, 2.24) is 5.32 Å². The van der Waals surface area contributed by atoms with Crippen LogP contribution in [0, 0.1) is 0 Å². The van der Waals surface area contributed by atoms with Crippen molar-refractivity contribution in [3.63, 3.8) is 0 Å². The minimum Gasteiger partial charge on any atom is -0.493 e. The van der Waals surface area contributed by atoms with E-state index in [1.165, 1.54) is 0 Å². The zero-order valence-electron chi connectivity index (χ0n) is 11.0. The van der Waals surface area contributed by atoms with Crippen molar-refractivity contribution < 1.29 is 17.9 Å². The fourth-order valence-corrected chi connectivity index (χ4v) is 2.12. The van der Waals surface area contributed by atoms with Gasteiger partial charge in [0.1, 0.15) is 5.75 Å². The zero-order chi connectivity index (χ0) is 14.3. The van der Waals surface area contributed by atoms with E-state index < -0.39 is 5.51 Å². The Labute approximate surface area is 115 Å². The number of hydrogen-bond donors (Lipinski definition) is 1. The van der Waals surface area contributed by atoms with Crippen molar-refractivity contribution in [2.45, 2.75) is 24.9 Å². The van der Waals surface area contributed by atoms with Gasteiger partial charge in [-0.25, -0.2) is 0 Å². The van der Waals surface area contributed by atoms with E-state index in [0.29, 0.717) is 5.75 Å². The third-order valence-electron chi connectivity index (χ3n) is 2.66. The molecule has 1 atom stereocenters. The molecule has 1 unspecified atom stereocenters. The molecule has 0 aliphatic rings. The average molecular weight is 293 g/mol. The minimum absolute atomic E-state index is 0.0484. The molecule has 0 aliphatic carbocycles. The second-order valence-electron chi connectivity index (χ2n) is 3.96. The summed E-state index contributed by atoms with van der Waals surface area (Å²) in [6.07, 6.45) is 0.971. The maximum atomic E-state index is 11.9. The fraction of sp³-hybridized carbons (Fsp3) is 0.538. The summed E-state index contributed by atoms with van der Waals surface area (Å²) in [5.74, 6) is 0.497. The Hall–Kier alpha value is -0.880. The Morgan fingerprint density at radius 3 is 2.37 bits per heavy atom. The van der Waals surface area contributed by atoms with Gasteiger partial charge >= 0.3 is 5.51 Å². The molecule has 0 aliphatic heterocycles. The number of rotatable bonds is 7. The summed E-state index contributed by atoms with van der Waals surface area (Å²) in [6.45, 7) is 2.13. The van der Waals surface area contributed by atoms with E-state index in [1.807, 2.05) is 19.2 Å². The third-order valence-corrected chi connectivity index (χ3v) is 3.36. The molecule has 0 radical (unpaired) electrons. The van der Waals surface area contributed by atoms with Crippen LogP contribution in [0.5, 0.6) is 5.75 Å². The SMILES string of the molecule is CCC(NC)c1ccc(OCCSC(F)(F)F)cc1. The molecule has 108 valence electrons. The van der Waals surface area contributed by atoms with E-state index in [-0.39, 0.29) is 30.2 Å². The molecule has 0 heterocycles. The van der Waals surface area contributed by atoms with Crippen molar-refractivity contribution in [2.75, 3.05) is 19.4 Å². The molecule has 0 saturated heterocycles. The zero-order valence-corrected chi connectivity index (χ0v) is 11.8. The molecular weight excluding hydrogens is 275 g/mol. The number of hydrogen-bond acceptors (Lipinski definition) is 3. The van der Waals surface area contributed by atoms with Gasteiger partial charge in [0.25, 0.3) is 0 Å². The van der Waals surface area contributed by atoms with Crippen molar-refractivity contribution in [3.8, 4) is 5.75 Å². The molecule has 1 aromatic rings. The van der Waals surface area contributed by atoms with Crippen molar-refractivity contribution in [3.05, 3.63) is 29.8 Å². The Morgan fingerprint density at radius 2 is 1.89 bits per heavy atom. The van der Waals surface area contributed by atoms with Crippen LogP contribution in [0.25, 0.3) is 0 Å². The van der Waals surface area contributed by atoms with E-state index in [4.69, 9.17) is 4.74 Å². The van der Waals surface area contributed by atoms with Gasteiger partial charge in [-0.1, -0.05) is 19.1 Å². The Balaban J connectivity index is 2.40. The first kappa shape index (κ1) is 16.2. The van der Waals surface area contributed by atoms with Gasteiger partial charge in [-0.2, -0.15) is 13.2 Å². The van der Waals surface area contributed by atoms with Crippen LogP contribution in [0.2, 0.25) is 0 Å². The fourth-order valence-electron chi connectivity index (χ4n) is 1.72. The number of thioether (sulfide) groups is 1. The topological polar surface area (TPSA) is 21.3 Å². The van der Waals surface area contributed by atoms with Crippen LogP contribution >= 0.6 is 11.8 Å². The predicted octanol–water partition coefficient (Wildman–Crippen LogP) is 3.99. The molecule has 0 spiro atoms. The first-order valence-electron chi connectivity index (χ1n) is 6.07. The van der Waals surface area contributed by atoms with Gasteiger partial charge in [0, 0.05) is 11.8 Å². The normalized spacial score (nSPS) is 13.3. The van der Waals surface area contributed by atoms with E-state index in [9.17, 15) is 13.2 Å². The van der Waals surface area contributed by atoms with Crippen LogP contribution in [-0.4, -0.2) is 24.9 Å². The quantitative estimate of drug-likeness (QED) is 0.768. The summed E-state index contributed by atoms with van der Waals surface area (Å²) in [6, 6.07) is 7.71. The largest absolute Gasteiger partial charge is 0.493 e. The number of ether oxygens (including phenoxy) is 1. The molecule has 1 aromatic carbocycles.